The molecule has 3 atom stereocenters. The van der Waals surface area contributed by atoms with Crippen LogP contribution in [0.3, 0.4) is 0 Å². The summed E-state index contributed by atoms with van der Waals surface area (Å²) in [7, 11) is 0. The summed E-state index contributed by atoms with van der Waals surface area (Å²) < 4.78 is 13.7. The quantitative estimate of drug-likeness (QED) is 0.249. The molecule has 0 aromatic heterocycles. The Hall–Kier alpha value is -3.27. The number of amides is 4. The van der Waals surface area contributed by atoms with Gasteiger partial charge in [-0.2, -0.15) is 0 Å². The van der Waals surface area contributed by atoms with Gasteiger partial charge in [-0.1, -0.05) is 38.4 Å². The van der Waals surface area contributed by atoms with Crippen LogP contribution in [0.5, 0.6) is 0 Å². The molecule has 1 heterocycles. The van der Waals surface area contributed by atoms with Crippen LogP contribution in [0.2, 0.25) is 5.02 Å². The standard InChI is InChI=1S/C27H34ClFN4O5/c1-27(2,3)14-21(32-22(34)9-5-15-4-8-18(28)19(29)12-15)25(37)33-20(13-16-10-11-30-24(16)36)23(35)26(38)31-17-6-7-17/h4-5,8-9,12,16-17,20-21H,6-7,10-11,13-14H2,1-3H3,(H,30,36)(H,31,38)(H,32,34)(H,33,37)/b9-5+/t16-,20?,21?/m0/s1. The van der Waals surface area contributed by atoms with Crippen LogP contribution >= 0.6 is 11.6 Å². The molecule has 2 fully saturated rings. The van der Waals surface area contributed by atoms with E-state index in [9.17, 15) is 28.4 Å². The van der Waals surface area contributed by atoms with E-state index in [4.69, 9.17) is 11.6 Å². The lowest BCUT2D eigenvalue weighted by Crippen LogP contribution is -2.55. The lowest BCUT2D eigenvalue weighted by atomic mass is 9.87. The van der Waals surface area contributed by atoms with E-state index in [1.165, 1.54) is 30.4 Å². The molecule has 0 radical (unpaired) electrons. The molecule has 4 N–H and O–H groups in total. The van der Waals surface area contributed by atoms with Crippen LogP contribution < -0.4 is 21.3 Å². The first kappa shape index (κ1) is 29.3. The molecule has 38 heavy (non-hydrogen) atoms. The van der Waals surface area contributed by atoms with Crippen molar-refractivity contribution < 1.29 is 28.4 Å². The maximum atomic E-state index is 13.7. The number of ketones is 1. The van der Waals surface area contributed by atoms with E-state index >= 15 is 0 Å². The molecular formula is C27H34ClFN4O5. The minimum Gasteiger partial charge on any atom is -0.356 e. The van der Waals surface area contributed by atoms with Gasteiger partial charge in [-0.25, -0.2) is 4.39 Å². The van der Waals surface area contributed by atoms with Crippen LogP contribution in [0.25, 0.3) is 6.08 Å². The van der Waals surface area contributed by atoms with Crippen molar-refractivity contribution in [3.63, 3.8) is 0 Å². The maximum Gasteiger partial charge on any atom is 0.289 e. The summed E-state index contributed by atoms with van der Waals surface area (Å²) in [5.41, 5.74) is 0.0213. The molecule has 206 valence electrons. The SMILES string of the molecule is CC(C)(C)CC(NC(=O)/C=C/c1ccc(Cl)c(F)c1)C(=O)NC(C[C@@H]1CCNC1=O)C(=O)C(=O)NC1CC1. The summed E-state index contributed by atoms with van der Waals surface area (Å²) in [5, 5.41) is 10.5. The molecule has 9 nitrogen and oxygen atoms in total. The molecule has 1 aliphatic carbocycles. The number of rotatable bonds is 11. The Bertz CT molecular complexity index is 1130. The number of benzene rings is 1. The van der Waals surface area contributed by atoms with Crippen LogP contribution in [0, 0.1) is 17.2 Å². The van der Waals surface area contributed by atoms with Crippen molar-refractivity contribution in [2.75, 3.05) is 6.54 Å². The Balaban J connectivity index is 1.73. The van der Waals surface area contributed by atoms with Crippen molar-refractivity contribution in [2.24, 2.45) is 11.3 Å². The smallest absolute Gasteiger partial charge is 0.289 e. The summed E-state index contributed by atoms with van der Waals surface area (Å²) in [6, 6.07) is 1.78. The Kier molecular flexibility index (Phi) is 9.65. The van der Waals surface area contributed by atoms with Gasteiger partial charge in [-0.15, -0.1) is 0 Å². The highest BCUT2D eigenvalue weighted by Gasteiger charge is 2.37. The van der Waals surface area contributed by atoms with E-state index in [2.05, 4.69) is 21.3 Å². The summed E-state index contributed by atoms with van der Waals surface area (Å²) in [6.07, 6.45) is 4.82. The molecule has 2 unspecified atom stereocenters. The fourth-order valence-electron chi connectivity index (χ4n) is 4.13. The molecule has 1 saturated heterocycles. The summed E-state index contributed by atoms with van der Waals surface area (Å²) in [4.78, 5) is 63.6. The van der Waals surface area contributed by atoms with Crippen molar-refractivity contribution in [2.45, 2.75) is 71.0 Å². The van der Waals surface area contributed by atoms with Gasteiger partial charge in [0.25, 0.3) is 5.91 Å². The molecule has 2 aliphatic rings. The Labute approximate surface area is 226 Å². The van der Waals surface area contributed by atoms with Crippen LogP contribution in [0.15, 0.2) is 24.3 Å². The summed E-state index contributed by atoms with van der Waals surface area (Å²) in [6.45, 7) is 6.13. The fourth-order valence-corrected chi connectivity index (χ4v) is 4.25. The first-order valence-electron chi connectivity index (χ1n) is 12.7. The largest absolute Gasteiger partial charge is 0.356 e. The molecule has 1 aliphatic heterocycles. The van der Waals surface area contributed by atoms with Gasteiger partial charge in [0, 0.05) is 24.6 Å². The highest BCUT2D eigenvalue weighted by Crippen LogP contribution is 2.23. The van der Waals surface area contributed by atoms with Crippen molar-refractivity contribution in [1.29, 1.82) is 0 Å². The molecular weight excluding hydrogens is 515 g/mol. The van der Waals surface area contributed by atoms with Gasteiger partial charge in [0.05, 0.1) is 11.1 Å². The third-order valence-electron chi connectivity index (χ3n) is 6.27. The van der Waals surface area contributed by atoms with E-state index in [0.29, 0.717) is 18.5 Å². The molecule has 0 spiro atoms. The Morgan fingerprint density at radius 2 is 1.84 bits per heavy atom. The molecule has 1 aromatic carbocycles. The van der Waals surface area contributed by atoms with Crippen LogP contribution in [0.1, 0.15) is 58.4 Å². The van der Waals surface area contributed by atoms with Gasteiger partial charge in [0.15, 0.2) is 0 Å². The lowest BCUT2D eigenvalue weighted by molar-refractivity contribution is -0.141. The van der Waals surface area contributed by atoms with Gasteiger partial charge in [0.2, 0.25) is 23.5 Å². The average molecular weight is 549 g/mol. The number of hydrogen-bond acceptors (Lipinski definition) is 5. The zero-order valence-electron chi connectivity index (χ0n) is 21.7. The predicted molar refractivity (Wildman–Crippen MR) is 140 cm³/mol. The summed E-state index contributed by atoms with van der Waals surface area (Å²) in [5.74, 6) is -4.25. The van der Waals surface area contributed by atoms with Crippen molar-refractivity contribution in [1.82, 2.24) is 21.3 Å². The van der Waals surface area contributed by atoms with Crippen molar-refractivity contribution in [3.8, 4) is 0 Å². The maximum absolute atomic E-state index is 13.7. The minimum absolute atomic E-state index is 0.0211. The number of nitrogens with one attached hydrogen (secondary N) is 4. The van der Waals surface area contributed by atoms with Gasteiger partial charge >= 0.3 is 0 Å². The highest BCUT2D eigenvalue weighted by molar-refractivity contribution is 6.38. The number of carbonyl (C=O) groups is 5. The third kappa shape index (κ3) is 8.93. The molecule has 4 amide bonds. The third-order valence-corrected chi connectivity index (χ3v) is 6.58. The molecule has 1 saturated carbocycles. The predicted octanol–water partition coefficient (Wildman–Crippen LogP) is 2.27. The van der Waals surface area contributed by atoms with E-state index in [0.717, 1.165) is 12.8 Å². The van der Waals surface area contributed by atoms with Gasteiger partial charge in [0.1, 0.15) is 11.9 Å². The zero-order chi connectivity index (χ0) is 28.0. The number of hydrogen-bond donors (Lipinski definition) is 4. The van der Waals surface area contributed by atoms with Gasteiger partial charge in [-0.05, 0) is 61.3 Å². The summed E-state index contributed by atoms with van der Waals surface area (Å²) >= 11 is 5.69. The van der Waals surface area contributed by atoms with E-state index in [1.54, 1.807) is 0 Å². The van der Waals surface area contributed by atoms with Crippen LogP contribution in [-0.2, 0) is 24.0 Å². The fraction of sp³-hybridized carbons (Fsp3) is 0.519. The molecule has 0 bridgehead atoms. The average Bonchev–Trinajstić information content (AvgIpc) is 3.56. The number of Topliss-reactive ketones (excluding diaryl/α,β-unsaturated/α-hetero) is 1. The highest BCUT2D eigenvalue weighted by atomic mass is 35.5. The monoisotopic (exact) mass is 548 g/mol. The van der Waals surface area contributed by atoms with Gasteiger partial charge < -0.3 is 21.3 Å². The Morgan fingerprint density at radius 3 is 2.42 bits per heavy atom. The lowest BCUT2D eigenvalue weighted by Gasteiger charge is -2.28. The van der Waals surface area contributed by atoms with Crippen molar-refractivity contribution >= 4 is 47.1 Å². The first-order chi connectivity index (χ1) is 17.8. The topological polar surface area (TPSA) is 133 Å². The second-order valence-corrected chi connectivity index (χ2v) is 11.4. The molecule has 11 heteroatoms. The van der Waals surface area contributed by atoms with E-state index < -0.39 is 47.3 Å². The van der Waals surface area contributed by atoms with E-state index in [1.807, 2.05) is 20.8 Å². The first-order valence-corrected chi connectivity index (χ1v) is 13.1. The molecule has 3 rings (SSSR count). The van der Waals surface area contributed by atoms with Crippen LogP contribution in [-0.4, -0.2) is 54.1 Å². The normalized spacial score (nSPS) is 19.0. The molecule has 1 aromatic rings. The zero-order valence-corrected chi connectivity index (χ0v) is 22.5. The number of carbonyl (C=O) groups excluding carboxylic acids is 5. The van der Waals surface area contributed by atoms with E-state index in [-0.39, 0.29) is 35.2 Å². The Morgan fingerprint density at radius 1 is 1.13 bits per heavy atom. The minimum atomic E-state index is -1.22. The van der Waals surface area contributed by atoms with Crippen LogP contribution in [0.4, 0.5) is 4.39 Å². The second-order valence-electron chi connectivity index (χ2n) is 11.0. The van der Waals surface area contributed by atoms with Gasteiger partial charge in [-0.3, -0.25) is 24.0 Å². The number of halogens is 2. The second kappa shape index (κ2) is 12.5. The van der Waals surface area contributed by atoms with Crippen molar-refractivity contribution in [3.05, 3.63) is 40.7 Å².